The average molecular weight is 450 g/mol. The molecule has 0 spiro atoms. The van der Waals surface area contributed by atoms with E-state index in [-0.39, 0.29) is 10.8 Å². The van der Waals surface area contributed by atoms with Crippen LogP contribution in [0.3, 0.4) is 0 Å². The van der Waals surface area contributed by atoms with Crippen LogP contribution in [0, 0.1) is 6.92 Å². The molecule has 4 aromatic rings. The number of aryl methyl sites for hydroxylation is 1. The number of aromatic nitrogens is 1. The molecule has 0 bridgehead atoms. The van der Waals surface area contributed by atoms with Crippen molar-refractivity contribution in [1.82, 2.24) is 4.98 Å². The van der Waals surface area contributed by atoms with Gasteiger partial charge in [-0.3, -0.25) is 14.8 Å². The first-order chi connectivity index (χ1) is 14.9. The molecule has 31 heavy (non-hydrogen) atoms. The third kappa shape index (κ3) is 4.99. The van der Waals surface area contributed by atoms with Crippen molar-refractivity contribution in [1.29, 1.82) is 0 Å². The minimum atomic E-state index is -3.69. The molecule has 6 nitrogen and oxygen atoms in total. The van der Waals surface area contributed by atoms with E-state index in [1.54, 1.807) is 48.5 Å². The van der Waals surface area contributed by atoms with E-state index in [0.29, 0.717) is 16.4 Å². The zero-order valence-corrected chi connectivity index (χ0v) is 18.2. The molecule has 1 heterocycles. The molecule has 0 aliphatic carbocycles. The van der Waals surface area contributed by atoms with Gasteiger partial charge in [-0.05, 0) is 43.3 Å². The van der Waals surface area contributed by atoms with Crippen LogP contribution in [0.15, 0.2) is 89.1 Å². The highest BCUT2D eigenvalue weighted by Crippen LogP contribution is 2.25. The molecule has 4 rings (SSSR count). The van der Waals surface area contributed by atoms with Crippen LogP contribution < -0.4 is 10.0 Å². The van der Waals surface area contributed by atoms with Crippen molar-refractivity contribution in [2.24, 2.45) is 0 Å². The maximum Gasteiger partial charge on any atom is 0.261 e. The van der Waals surface area contributed by atoms with Gasteiger partial charge in [-0.15, -0.1) is 11.3 Å². The number of anilines is 2. The lowest BCUT2D eigenvalue weighted by atomic mass is 10.2. The second kappa shape index (κ2) is 8.71. The van der Waals surface area contributed by atoms with Crippen LogP contribution in [0.1, 0.15) is 15.9 Å². The Morgan fingerprint density at radius 3 is 2.26 bits per heavy atom. The van der Waals surface area contributed by atoms with Crippen LogP contribution in [-0.4, -0.2) is 19.3 Å². The lowest BCUT2D eigenvalue weighted by molar-refractivity contribution is 0.102. The van der Waals surface area contributed by atoms with Crippen LogP contribution in [0.2, 0.25) is 0 Å². The predicted octanol–water partition coefficient (Wildman–Crippen LogP) is 5.17. The van der Waals surface area contributed by atoms with Crippen LogP contribution in [0.25, 0.3) is 11.3 Å². The normalized spacial score (nSPS) is 11.1. The van der Waals surface area contributed by atoms with E-state index < -0.39 is 10.0 Å². The molecule has 0 saturated carbocycles. The summed E-state index contributed by atoms with van der Waals surface area (Å²) in [5, 5.41) is 5.15. The lowest BCUT2D eigenvalue weighted by Crippen LogP contribution is -2.14. The molecule has 0 atom stereocenters. The van der Waals surface area contributed by atoms with E-state index in [1.165, 1.54) is 11.3 Å². The van der Waals surface area contributed by atoms with E-state index in [0.717, 1.165) is 16.8 Å². The Morgan fingerprint density at radius 1 is 0.903 bits per heavy atom. The molecule has 0 saturated heterocycles. The molecular formula is C23H19N3O3S2. The van der Waals surface area contributed by atoms with Crippen LogP contribution in [0.5, 0.6) is 0 Å². The largest absolute Gasteiger partial charge is 0.298 e. The third-order valence-electron chi connectivity index (χ3n) is 4.52. The minimum Gasteiger partial charge on any atom is -0.298 e. The molecule has 8 heteroatoms. The van der Waals surface area contributed by atoms with Gasteiger partial charge in [-0.25, -0.2) is 13.4 Å². The van der Waals surface area contributed by atoms with Gasteiger partial charge < -0.3 is 0 Å². The molecule has 1 amide bonds. The second-order valence-electron chi connectivity index (χ2n) is 6.85. The fourth-order valence-electron chi connectivity index (χ4n) is 2.86. The van der Waals surface area contributed by atoms with Crippen LogP contribution in [0.4, 0.5) is 10.8 Å². The topological polar surface area (TPSA) is 88.2 Å². The van der Waals surface area contributed by atoms with Gasteiger partial charge in [-0.2, -0.15) is 0 Å². The van der Waals surface area contributed by atoms with Crippen molar-refractivity contribution < 1.29 is 13.2 Å². The zero-order chi connectivity index (χ0) is 21.8. The molecule has 156 valence electrons. The molecule has 0 radical (unpaired) electrons. The van der Waals surface area contributed by atoms with Crippen LogP contribution in [-0.2, 0) is 10.0 Å². The summed E-state index contributed by atoms with van der Waals surface area (Å²) >= 11 is 1.34. The first-order valence-corrected chi connectivity index (χ1v) is 11.8. The van der Waals surface area contributed by atoms with Crippen molar-refractivity contribution in [3.8, 4) is 11.3 Å². The number of carbonyl (C=O) groups excluding carboxylic acids is 1. The molecule has 0 unspecified atom stereocenters. The minimum absolute atomic E-state index is 0.179. The number of hydrogen-bond donors (Lipinski definition) is 2. The Morgan fingerprint density at radius 2 is 1.58 bits per heavy atom. The molecule has 3 aromatic carbocycles. The van der Waals surface area contributed by atoms with Crippen molar-refractivity contribution >= 4 is 38.1 Å². The molecule has 2 N–H and O–H groups in total. The van der Waals surface area contributed by atoms with E-state index in [9.17, 15) is 13.2 Å². The number of carbonyl (C=O) groups is 1. The zero-order valence-electron chi connectivity index (χ0n) is 16.6. The maximum atomic E-state index is 12.5. The number of benzene rings is 3. The van der Waals surface area contributed by atoms with Gasteiger partial charge in [-0.1, -0.05) is 48.0 Å². The summed E-state index contributed by atoms with van der Waals surface area (Å²) in [6.45, 7) is 1.89. The molecule has 1 aromatic heterocycles. The summed E-state index contributed by atoms with van der Waals surface area (Å²) in [5.74, 6) is -0.318. The number of rotatable bonds is 6. The molecule has 0 aliphatic rings. The van der Waals surface area contributed by atoms with Gasteiger partial charge in [0.1, 0.15) is 0 Å². The highest BCUT2D eigenvalue weighted by molar-refractivity contribution is 7.92. The highest BCUT2D eigenvalue weighted by atomic mass is 32.2. The number of nitrogens with one attached hydrogen (secondary N) is 2. The maximum absolute atomic E-state index is 12.5. The fraction of sp³-hybridized carbons (Fsp3) is 0.0435. The van der Waals surface area contributed by atoms with Gasteiger partial charge >= 0.3 is 0 Å². The lowest BCUT2D eigenvalue weighted by Gasteiger charge is -2.09. The standard InChI is InChI=1S/C23H19N3O3S2/c1-16-7-13-20(14-8-16)31(28,29)26-19-11-9-18(10-12-19)22(27)25-23-24-21(15-30-23)17-5-3-2-4-6-17/h2-15,26H,1H3,(H,24,25,27). The third-order valence-corrected chi connectivity index (χ3v) is 6.68. The smallest absolute Gasteiger partial charge is 0.261 e. The van der Waals surface area contributed by atoms with Gasteiger partial charge in [0.25, 0.3) is 15.9 Å². The second-order valence-corrected chi connectivity index (χ2v) is 9.39. The van der Waals surface area contributed by atoms with Crippen molar-refractivity contribution in [3.63, 3.8) is 0 Å². The predicted molar refractivity (Wildman–Crippen MR) is 124 cm³/mol. The summed E-state index contributed by atoms with van der Waals surface area (Å²) in [5.41, 5.74) is 3.52. The van der Waals surface area contributed by atoms with Crippen molar-refractivity contribution in [2.75, 3.05) is 10.0 Å². The van der Waals surface area contributed by atoms with Gasteiger partial charge in [0, 0.05) is 22.2 Å². The molecular weight excluding hydrogens is 430 g/mol. The number of nitrogens with zero attached hydrogens (tertiary/aromatic N) is 1. The molecule has 0 fully saturated rings. The van der Waals surface area contributed by atoms with Gasteiger partial charge in [0.15, 0.2) is 5.13 Å². The highest BCUT2D eigenvalue weighted by Gasteiger charge is 2.15. The monoisotopic (exact) mass is 449 g/mol. The van der Waals surface area contributed by atoms with E-state index in [4.69, 9.17) is 0 Å². The number of amides is 1. The fourth-order valence-corrected chi connectivity index (χ4v) is 4.64. The average Bonchev–Trinajstić information content (AvgIpc) is 3.23. The van der Waals surface area contributed by atoms with Gasteiger partial charge in [0.05, 0.1) is 10.6 Å². The number of thiazole rings is 1. The molecule has 0 aliphatic heterocycles. The van der Waals surface area contributed by atoms with Crippen LogP contribution >= 0.6 is 11.3 Å². The van der Waals surface area contributed by atoms with E-state index in [1.807, 2.05) is 42.6 Å². The Hall–Kier alpha value is -3.49. The SMILES string of the molecule is Cc1ccc(S(=O)(=O)Nc2ccc(C(=O)Nc3nc(-c4ccccc4)cs3)cc2)cc1. The summed E-state index contributed by atoms with van der Waals surface area (Å²) in [6.07, 6.45) is 0. The van der Waals surface area contributed by atoms with Crippen molar-refractivity contribution in [2.45, 2.75) is 11.8 Å². The Balaban J connectivity index is 1.43. The summed E-state index contributed by atoms with van der Waals surface area (Å²) in [6, 6.07) is 22.5. The number of hydrogen-bond acceptors (Lipinski definition) is 5. The first kappa shape index (κ1) is 20.8. The Bertz CT molecular complexity index is 1300. The summed E-state index contributed by atoms with van der Waals surface area (Å²) in [7, 11) is -3.69. The summed E-state index contributed by atoms with van der Waals surface area (Å²) in [4.78, 5) is 17.2. The Kier molecular flexibility index (Phi) is 5.83. The quantitative estimate of drug-likeness (QED) is 0.425. The summed E-state index contributed by atoms with van der Waals surface area (Å²) < 4.78 is 27.5. The number of sulfonamides is 1. The van der Waals surface area contributed by atoms with E-state index >= 15 is 0 Å². The van der Waals surface area contributed by atoms with Crippen molar-refractivity contribution in [3.05, 3.63) is 95.4 Å². The Labute approximate surface area is 184 Å². The van der Waals surface area contributed by atoms with Gasteiger partial charge in [0.2, 0.25) is 0 Å². The van der Waals surface area contributed by atoms with E-state index in [2.05, 4.69) is 15.0 Å². The first-order valence-electron chi connectivity index (χ1n) is 9.42.